The zero-order valence-electron chi connectivity index (χ0n) is 12.9. The Bertz CT molecular complexity index is 711. The molecule has 0 unspecified atom stereocenters. The molecule has 0 atom stereocenters. The molecule has 0 saturated heterocycles. The van der Waals surface area contributed by atoms with Gasteiger partial charge in [0, 0.05) is 18.6 Å². The number of nitrogens with zero attached hydrogens (tertiary/aromatic N) is 3. The van der Waals surface area contributed by atoms with Crippen LogP contribution in [-0.4, -0.2) is 42.4 Å². The Morgan fingerprint density at radius 2 is 1.86 bits per heavy atom. The van der Waals surface area contributed by atoms with E-state index in [1.165, 1.54) is 0 Å². The van der Waals surface area contributed by atoms with E-state index in [9.17, 15) is 0 Å². The maximum Gasteiger partial charge on any atom is 0.216 e. The number of benzene rings is 1. The molecule has 0 spiro atoms. The molecule has 2 rings (SSSR count). The summed E-state index contributed by atoms with van der Waals surface area (Å²) in [5.41, 5.74) is 0.691. The van der Waals surface area contributed by atoms with Crippen LogP contribution in [0.25, 0.3) is 0 Å². The van der Waals surface area contributed by atoms with Gasteiger partial charge in [-0.25, -0.2) is 0 Å². The van der Waals surface area contributed by atoms with Crippen molar-refractivity contribution < 1.29 is 14.2 Å². The molecule has 1 heterocycles. The number of aromatic amines is 1. The summed E-state index contributed by atoms with van der Waals surface area (Å²) in [7, 11) is 4.74. The third kappa shape index (κ3) is 3.11. The lowest BCUT2D eigenvalue weighted by Crippen LogP contribution is -2.01. The number of aryl methyl sites for hydroxylation is 1. The lowest BCUT2D eigenvalue weighted by atomic mass is 10.2. The summed E-state index contributed by atoms with van der Waals surface area (Å²) >= 11 is 5.17. The maximum absolute atomic E-state index is 5.38. The molecule has 22 heavy (non-hydrogen) atoms. The Kier molecular flexibility index (Phi) is 5.16. The van der Waals surface area contributed by atoms with E-state index < -0.39 is 0 Å². The van der Waals surface area contributed by atoms with Gasteiger partial charge in [-0.1, -0.05) is 6.92 Å². The minimum absolute atomic E-state index is 0.430. The van der Waals surface area contributed by atoms with Gasteiger partial charge in [0.05, 0.1) is 33.1 Å². The fraction of sp³-hybridized carbons (Fsp3) is 0.357. The Labute approximate surface area is 133 Å². The van der Waals surface area contributed by atoms with Crippen molar-refractivity contribution >= 4 is 18.4 Å². The molecule has 0 aliphatic rings. The van der Waals surface area contributed by atoms with Crippen LogP contribution in [0.1, 0.15) is 18.3 Å². The Morgan fingerprint density at radius 3 is 2.36 bits per heavy atom. The topological polar surface area (TPSA) is 73.7 Å². The van der Waals surface area contributed by atoms with E-state index in [-0.39, 0.29) is 0 Å². The molecule has 7 nitrogen and oxygen atoms in total. The van der Waals surface area contributed by atoms with Gasteiger partial charge in [0.1, 0.15) is 17.2 Å². The summed E-state index contributed by atoms with van der Waals surface area (Å²) in [6, 6.07) is 3.53. The molecular formula is C14H18N4O3S. The molecular weight excluding hydrogens is 304 g/mol. The smallest absolute Gasteiger partial charge is 0.216 e. The van der Waals surface area contributed by atoms with Gasteiger partial charge in [-0.2, -0.15) is 14.9 Å². The zero-order valence-corrected chi connectivity index (χ0v) is 13.7. The number of nitrogens with one attached hydrogen (secondary N) is 1. The van der Waals surface area contributed by atoms with E-state index >= 15 is 0 Å². The van der Waals surface area contributed by atoms with Crippen LogP contribution in [0, 0.1) is 4.77 Å². The number of H-pyrrole nitrogens is 1. The fourth-order valence-corrected chi connectivity index (χ4v) is 2.15. The normalized spacial score (nSPS) is 10.9. The molecule has 0 bridgehead atoms. The second-order valence-corrected chi connectivity index (χ2v) is 4.69. The predicted octanol–water partition coefficient (Wildman–Crippen LogP) is 2.41. The highest BCUT2D eigenvalue weighted by molar-refractivity contribution is 7.71. The van der Waals surface area contributed by atoms with Crippen LogP contribution >= 0.6 is 12.2 Å². The molecule has 118 valence electrons. The SMILES string of the molecule is CCc1n[nH]c(=S)n1/N=C\c1c(OC)cc(OC)cc1OC. The molecule has 0 aliphatic carbocycles. The lowest BCUT2D eigenvalue weighted by molar-refractivity contribution is 0.374. The largest absolute Gasteiger partial charge is 0.496 e. The minimum atomic E-state index is 0.430. The summed E-state index contributed by atoms with van der Waals surface area (Å²) in [6.07, 6.45) is 2.34. The summed E-state index contributed by atoms with van der Waals surface area (Å²) in [4.78, 5) is 0. The highest BCUT2D eigenvalue weighted by atomic mass is 32.1. The van der Waals surface area contributed by atoms with Crippen molar-refractivity contribution in [1.29, 1.82) is 0 Å². The van der Waals surface area contributed by atoms with Gasteiger partial charge in [-0.15, -0.1) is 0 Å². The van der Waals surface area contributed by atoms with Gasteiger partial charge in [-0.05, 0) is 12.2 Å². The second-order valence-electron chi connectivity index (χ2n) is 4.30. The van der Waals surface area contributed by atoms with Crippen LogP contribution in [0.4, 0.5) is 0 Å². The van der Waals surface area contributed by atoms with E-state index in [1.54, 1.807) is 44.4 Å². The van der Waals surface area contributed by atoms with Crippen LogP contribution in [0.3, 0.4) is 0 Å². The number of hydrogen-bond acceptors (Lipinski definition) is 6. The average Bonchev–Trinajstić information content (AvgIpc) is 2.91. The maximum atomic E-state index is 5.38. The van der Waals surface area contributed by atoms with E-state index in [0.717, 1.165) is 5.82 Å². The minimum Gasteiger partial charge on any atom is -0.496 e. The van der Waals surface area contributed by atoms with Gasteiger partial charge in [0.25, 0.3) is 0 Å². The monoisotopic (exact) mass is 322 g/mol. The number of aromatic nitrogens is 3. The van der Waals surface area contributed by atoms with Crippen LogP contribution in [0.5, 0.6) is 17.2 Å². The van der Waals surface area contributed by atoms with Gasteiger partial charge >= 0.3 is 0 Å². The lowest BCUT2D eigenvalue weighted by Gasteiger charge is -2.12. The van der Waals surface area contributed by atoms with Crippen LogP contribution in [0.15, 0.2) is 17.2 Å². The van der Waals surface area contributed by atoms with E-state index in [4.69, 9.17) is 26.4 Å². The number of rotatable bonds is 6. The third-order valence-corrected chi connectivity index (χ3v) is 3.35. The van der Waals surface area contributed by atoms with Crippen LogP contribution in [0.2, 0.25) is 0 Å². The summed E-state index contributed by atoms with van der Waals surface area (Å²) in [6.45, 7) is 1.98. The van der Waals surface area contributed by atoms with Crippen molar-refractivity contribution in [3.8, 4) is 17.2 Å². The number of methoxy groups -OCH3 is 3. The van der Waals surface area contributed by atoms with E-state index in [2.05, 4.69) is 15.3 Å². The van der Waals surface area contributed by atoms with Gasteiger partial charge in [0.15, 0.2) is 5.82 Å². The third-order valence-electron chi connectivity index (χ3n) is 3.09. The Hall–Kier alpha value is -2.35. The number of ether oxygens (including phenoxy) is 3. The number of hydrogen-bond donors (Lipinski definition) is 1. The van der Waals surface area contributed by atoms with Crippen molar-refractivity contribution in [3.63, 3.8) is 0 Å². The predicted molar refractivity (Wildman–Crippen MR) is 85.9 cm³/mol. The second kappa shape index (κ2) is 7.08. The average molecular weight is 322 g/mol. The first-order chi connectivity index (χ1) is 10.6. The summed E-state index contributed by atoms with van der Waals surface area (Å²) in [5, 5.41) is 11.2. The van der Waals surface area contributed by atoms with Crippen molar-refractivity contribution in [3.05, 3.63) is 28.3 Å². The summed E-state index contributed by atoms with van der Waals surface area (Å²) in [5.74, 6) is 2.56. The van der Waals surface area contributed by atoms with Crippen molar-refractivity contribution in [1.82, 2.24) is 14.9 Å². The Morgan fingerprint density at radius 1 is 1.23 bits per heavy atom. The first-order valence-corrected chi connectivity index (χ1v) is 7.06. The highest BCUT2D eigenvalue weighted by Gasteiger charge is 2.12. The van der Waals surface area contributed by atoms with Gasteiger partial charge in [-0.3, -0.25) is 5.10 Å². The van der Waals surface area contributed by atoms with Crippen LogP contribution < -0.4 is 14.2 Å². The zero-order chi connectivity index (χ0) is 16.1. The Balaban J connectivity index is 2.50. The van der Waals surface area contributed by atoms with Crippen molar-refractivity contribution in [2.45, 2.75) is 13.3 Å². The molecule has 0 saturated carbocycles. The quantitative estimate of drug-likeness (QED) is 0.653. The van der Waals surface area contributed by atoms with E-state index in [0.29, 0.717) is 34.0 Å². The molecule has 1 aromatic carbocycles. The van der Waals surface area contributed by atoms with Crippen molar-refractivity contribution in [2.75, 3.05) is 21.3 Å². The summed E-state index contributed by atoms with van der Waals surface area (Å²) < 4.78 is 18.0. The first-order valence-electron chi connectivity index (χ1n) is 6.65. The standard InChI is InChI=1S/C14H18N4O3S/c1-5-13-16-17-14(22)18(13)15-8-10-11(20-3)6-9(19-2)7-12(10)21-4/h6-8H,5H2,1-4H3,(H,17,22)/b15-8-. The molecule has 0 aliphatic heterocycles. The molecule has 8 heteroatoms. The fourth-order valence-electron chi connectivity index (χ4n) is 1.95. The van der Waals surface area contributed by atoms with Gasteiger partial charge in [0.2, 0.25) is 4.77 Å². The van der Waals surface area contributed by atoms with Crippen LogP contribution in [-0.2, 0) is 6.42 Å². The molecule has 1 aromatic heterocycles. The first kappa shape index (κ1) is 16.0. The van der Waals surface area contributed by atoms with Crippen molar-refractivity contribution in [2.24, 2.45) is 5.10 Å². The van der Waals surface area contributed by atoms with E-state index in [1.807, 2.05) is 6.92 Å². The molecule has 0 radical (unpaired) electrons. The molecule has 1 N–H and O–H groups in total. The molecule has 0 amide bonds. The molecule has 2 aromatic rings. The molecule has 0 fully saturated rings. The highest BCUT2D eigenvalue weighted by Crippen LogP contribution is 2.32. The van der Waals surface area contributed by atoms with Gasteiger partial charge < -0.3 is 14.2 Å².